The van der Waals surface area contributed by atoms with Gasteiger partial charge in [0, 0.05) is 17.2 Å². The van der Waals surface area contributed by atoms with Crippen LogP contribution in [0.1, 0.15) is 35.9 Å². The molecule has 0 spiro atoms. The molecule has 1 aromatic heterocycles. The van der Waals surface area contributed by atoms with E-state index in [1.807, 2.05) is 0 Å². The molecule has 12 heteroatoms. The topological polar surface area (TPSA) is 145 Å². The Kier molecular flexibility index (Phi) is 7.84. The Bertz CT molecular complexity index is 1310. The molecular formula is C22H23N5O6S. The minimum absolute atomic E-state index is 0.000223. The van der Waals surface area contributed by atoms with Gasteiger partial charge in [0.15, 0.2) is 11.4 Å². The average molecular weight is 486 g/mol. The summed E-state index contributed by atoms with van der Waals surface area (Å²) in [4.78, 5) is 48.1. The van der Waals surface area contributed by atoms with Crippen molar-refractivity contribution in [3.63, 3.8) is 0 Å². The van der Waals surface area contributed by atoms with Crippen molar-refractivity contribution >= 4 is 40.0 Å². The van der Waals surface area contributed by atoms with Crippen LogP contribution in [0.15, 0.2) is 47.3 Å². The second-order valence-electron chi connectivity index (χ2n) is 7.50. The van der Waals surface area contributed by atoms with Gasteiger partial charge in [-0.25, -0.2) is 4.68 Å². The predicted molar refractivity (Wildman–Crippen MR) is 128 cm³/mol. The fraction of sp³-hybridized carbons (Fsp3) is 0.273. The lowest BCUT2D eigenvalue weighted by atomic mass is 10.1. The summed E-state index contributed by atoms with van der Waals surface area (Å²) in [6, 6.07) is 10.9. The summed E-state index contributed by atoms with van der Waals surface area (Å²) in [5.41, 5.74) is 4.87. The van der Waals surface area contributed by atoms with Crippen LogP contribution in [-0.2, 0) is 10.5 Å². The third-order valence-electron chi connectivity index (χ3n) is 4.79. The van der Waals surface area contributed by atoms with Crippen LogP contribution < -0.4 is 21.1 Å². The number of hydrazine groups is 1. The highest BCUT2D eigenvalue weighted by molar-refractivity contribution is 7.99. The minimum Gasteiger partial charge on any atom is -0.490 e. The molecule has 0 aliphatic heterocycles. The van der Waals surface area contributed by atoms with Gasteiger partial charge in [0.1, 0.15) is 0 Å². The number of rotatable bonds is 8. The van der Waals surface area contributed by atoms with E-state index < -0.39 is 16.7 Å². The average Bonchev–Trinajstić information content (AvgIpc) is 2.82. The quantitative estimate of drug-likeness (QED) is 0.366. The van der Waals surface area contributed by atoms with E-state index in [-0.39, 0.29) is 34.5 Å². The summed E-state index contributed by atoms with van der Waals surface area (Å²) < 4.78 is 6.20. The fourth-order valence-corrected chi connectivity index (χ4v) is 3.95. The Morgan fingerprint density at radius 3 is 2.53 bits per heavy atom. The zero-order valence-corrected chi connectivity index (χ0v) is 19.5. The Balaban J connectivity index is 1.62. The molecule has 2 amide bonds. The molecular weight excluding hydrogens is 462 g/mol. The number of benzene rings is 2. The van der Waals surface area contributed by atoms with Gasteiger partial charge in [-0.05, 0) is 31.5 Å². The molecule has 34 heavy (non-hydrogen) atoms. The van der Waals surface area contributed by atoms with Gasteiger partial charge in [-0.3, -0.25) is 35.3 Å². The number of ether oxygens (including phenoxy) is 1. The first-order valence-electron chi connectivity index (χ1n) is 10.2. The van der Waals surface area contributed by atoms with E-state index in [0.29, 0.717) is 22.1 Å². The lowest BCUT2D eigenvalue weighted by molar-refractivity contribution is -0.385. The summed E-state index contributed by atoms with van der Waals surface area (Å²) >= 11 is 1.22. The van der Waals surface area contributed by atoms with E-state index in [1.165, 1.54) is 35.7 Å². The van der Waals surface area contributed by atoms with Gasteiger partial charge >= 0.3 is 5.69 Å². The van der Waals surface area contributed by atoms with E-state index in [1.54, 1.807) is 44.2 Å². The third kappa shape index (κ3) is 5.52. The smallest absolute Gasteiger partial charge is 0.311 e. The summed E-state index contributed by atoms with van der Waals surface area (Å²) in [7, 11) is 1.35. The molecule has 0 unspecified atom stereocenters. The van der Waals surface area contributed by atoms with Crippen molar-refractivity contribution in [1.29, 1.82) is 0 Å². The standard InChI is InChI=1S/C22H23N5O6S/c1-13(2)26-22(30)16-7-5-4-6-15(16)20(25-26)21(29)24-23-19(28)12-34-11-14-8-9-18(33-3)17(10-14)27(31)32/h4-10,13H,11-12H2,1-3H3,(H,23,28)(H,24,29). The van der Waals surface area contributed by atoms with Gasteiger partial charge < -0.3 is 4.74 Å². The van der Waals surface area contributed by atoms with Gasteiger partial charge in [0.25, 0.3) is 11.5 Å². The van der Waals surface area contributed by atoms with Crippen molar-refractivity contribution in [2.45, 2.75) is 25.6 Å². The summed E-state index contributed by atoms with van der Waals surface area (Å²) in [5.74, 6) is -0.626. The molecule has 0 aliphatic carbocycles. The number of nitrogens with one attached hydrogen (secondary N) is 2. The molecule has 3 rings (SSSR count). The summed E-state index contributed by atoms with van der Waals surface area (Å²) in [6.07, 6.45) is 0. The van der Waals surface area contributed by atoms with E-state index in [2.05, 4.69) is 16.0 Å². The van der Waals surface area contributed by atoms with Gasteiger partial charge in [0.05, 0.1) is 29.2 Å². The number of methoxy groups -OCH3 is 1. The Hall–Kier alpha value is -3.93. The van der Waals surface area contributed by atoms with E-state index in [4.69, 9.17) is 4.74 Å². The Morgan fingerprint density at radius 2 is 1.88 bits per heavy atom. The number of nitro groups is 1. The first kappa shape index (κ1) is 24.7. The summed E-state index contributed by atoms with van der Waals surface area (Å²) in [5, 5.41) is 16.1. The van der Waals surface area contributed by atoms with Crippen molar-refractivity contribution in [2.24, 2.45) is 0 Å². The second kappa shape index (κ2) is 10.8. The van der Waals surface area contributed by atoms with Crippen LogP contribution in [0.4, 0.5) is 5.69 Å². The van der Waals surface area contributed by atoms with Crippen molar-refractivity contribution in [3.05, 3.63) is 74.2 Å². The minimum atomic E-state index is -0.658. The van der Waals surface area contributed by atoms with Crippen molar-refractivity contribution in [1.82, 2.24) is 20.6 Å². The number of hydrogen-bond acceptors (Lipinski definition) is 8. The van der Waals surface area contributed by atoms with Crippen LogP contribution in [0.25, 0.3) is 10.8 Å². The number of carbonyl (C=O) groups excluding carboxylic acids is 2. The highest BCUT2D eigenvalue weighted by atomic mass is 32.2. The van der Waals surface area contributed by atoms with Gasteiger partial charge in [-0.15, -0.1) is 11.8 Å². The second-order valence-corrected chi connectivity index (χ2v) is 8.48. The molecule has 0 fully saturated rings. The largest absolute Gasteiger partial charge is 0.490 e. The zero-order valence-electron chi connectivity index (χ0n) is 18.7. The van der Waals surface area contributed by atoms with Gasteiger partial charge in [-0.1, -0.05) is 24.3 Å². The van der Waals surface area contributed by atoms with Crippen molar-refractivity contribution < 1.29 is 19.2 Å². The molecule has 178 valence electrons. The molecule has 0 atom stereocenters. The maximum Gasteiger partial charge on any atom is 0.311 e. The number of nitro benzene ring substituents is 1. The Labute approximate surface area is 198 Å². The van der Waals surface area contributed by atoms with Crippen molar-refractivity contribution in [3.8, 4) is 5.75 Å². The van der Waals surface area contributed by atoms with E-state index >= 15 is 0 Å². The third-order valence-corrected chi connectivity index (χ3v) is 5.79. The SMILES string of the molecule is COc1ccc(CSCC(=O)NNC(=O)c2nn(C(C)C)c(=O)c3ccccc23)cc1[N+](=O)[O-]. The van der Waals surface area contributed by atoms with E-state index in [0.717, 1.165) is 0 Å². The van der Waals surface area contributed by atoms with Gasteiger partial charge in [-0.2, -0.15) is 5.10 Å². The monoisotopic (exact) mass is 485 g/mol. The molecule has 3 aromatic rings. The van der Waals surface area contributed by atoms with E-state index in [9.17, 15) is 24.5 Å². The summed E-state index contributed by atoms with van der Waals surface area (Å²) in [6.45, 7) is 3.56. The molecule has 11 nitrogen and oxygen atoms in total. The zero-order chi connectivity index (χ0) is 24.8. The van der Waals surface area contributed by atoms with Crippen LogP contribution in [0, 0.1) is 10.1 Å². The number of nitrogens with zero attached hydrogens (tertiary/aromatic N) is 3. The van der Waals surface area contributed by atoms with Gasteiger partial charge in [0.2, 0.25) is 5.91 Å². The molecule has 1 heterocycles. The molecule has 0 bridgehead atoms. The number of thioether (sulfide) groups is 1. The lowest BCUT2D eigenvalue weighted by Crippen LogP contribution is -2.43. The van der Waals surface area contributed by atoms with Crippen LogP contribution in [0.3, 0.4) is 0 Å². The molecule has 2 N–H and O–H groups in total. The number of hydrogen-bond donors (Lipinski definition) is 2. The number of aromatic nitrogens is 2. The highest BCUT2D eigenvalue weighted by Crippen LogP contribution is 2.28. The van der Waals surface area contributed by atoms with Crippen LogP contribution in [0.2, 0.25) is 0 Å². The Morgan fingerprint density at radius 1 is 1.18 bits per heavy atom. The molecule has 0 radical (unpaired) electrons. The number of amides is 2. The number of carbonyl (C=O) groups is 2. The van der Waals surface area contributed by atoms with Crippen LogP contribution in [-0.4, -0.2) is 39.4 Å². The van der Waals surface area contributed by atoms with Crippen LogP contribution in [0.5, 0.6) is 5.75 Å². The number of fused-ring (bicyclic) bond motifs is 1. The molecule has 2 aromatic carbocycles. The lowest BCUT2D eigenvalue weighted by Gasteiger charge is -2.13. The molecule has 0 aliphatic rings. The van der Waals surface area contributed by atoms with Crippen LogP contribution >= 0.6 is 11.8 Å². The fourth-order valence-electron chi connectivity index (χ4n) is 3.18. The normalized spacial score (nSPS) is 10.8. The molecule has 0 saturated carbocycles. The predicted octanol–water partition coefficient (Wildman–Crippen LogP) is 2.59. The first-order valence-corrected chi connectivity index (χ1v) is 11.4. The first-order chi connectivity index (χ1) is 16.2. The maximum atomic E-state index is 12.7. The maximum absolute atomic E-state index is 12.7. The van der Waals surface area contributed by atoms with Crippen molar-refractivity contribution in [2.75, 3.05) is 12.9 Å². The molecule has 0 saturated heterocycles. The highest BCUT2D eigenvalue weighted by Gasteiger charge is 2.19.